The molecule has 3 rings (SSSR count). The zero-order chi connectivity index (χ0) is 20.1. The monoisotopic (exact) mass is 384 g/mol. The maximum atomic E-state index is 14.3. The molecule has 5 heteroatoms. The second-order valence-corrected chi connectivity index (χ2v) is 6.22. The number of hydrogen-bond donors (Lipinski definition) is 0. The van der Waals surface area contributed by atoms with E-state index in [0.717, 1.165) is 0 Å². The van der Waals surface area contributed by atoms with Gasteiger partial charge in [0, 0.05) is 17.2 Å². The van der Waals surface area contributed by atoms with Crippen molar-refractivity contribution in [2.75, 3.05) is 6.61 Å². The zero-order valence-corrected chi connectivity index (χ0v) is 15.3. The first kappa shape index (κ1) is 19.5. The highest BCUT2D eigenvalue weighted by molar-refractivity contribution is 5.65. The molecular formula is C23H19F3O2. The summed E-state index contributed by atoms with van der Waals surface area (Å²) in [5, 5.41) is 0. The first-order valence-electron chi connectivity index (χ1n) is 8.69. The van der Waals surface area contributed by atoms with E-state index in [4.69, 9.17) is 9.47 Å². The Morgan fingerprint density at radius 3 is 2.25 bits per heavy atom. The van der Waals surface area contributed by atoms with Crippen LogP contribution >= 0.6 is 0 Å². The lowest BCUT2D eigenvalue weighted by atomic mass is 10.0. The van der Waals surface area contributed by atoms with Crippen LogP contribution in [0.4, 0.5) is 13.2 Å². The van der Waals surface area contributed by atoms with Crippen molar-refractivity contribution in [2.45, 2.75) is 13.5 Å². The number of halogens is 3. The lowest BCUT2D eigenvalue weighted by molar-refractivity contribution is 0.297. The van der Waals surface area contributed by atoms with E-state index in [9.17, 15) is 13.2 Å². The van der Waals surface area contributed by atoms with E-state index in [2.05, 4.69) is 6.58 Å². The van der Waals surface area contributed by atoms with Gasteiger partial charge in [-0.25, -0.2) is 13.2 Å². The SMILES string of the molecule is C=CCOc1ccc(-c2ccc(OCc3ccc(C)c(F)c3F)cc2)c(F)c1. The quantitative estimate of drug-likeness (QED) is 0.450. The van der Waals surface area contributed by atoms with E-state index in [1.54, 1.807) is 42.5 Å². The summed E-state index contributed by atoms with van der Waals surface area (Å²) in [5.41, 5.74) is 1.46. The molecule has 0 N–H and O–H groups in total. The lowest BCUT2D eigenvalue weighted by Gasteiger charge is -2.10. The highest BCUT2D eigenvalue weighted by atomic mass is 19.2. The molecule has 3 aromatic rings. The summed E-state index contributed by atoms with van der Waals surface area (Å²) in [6.45, 7) is 5.24. The Morgan fingerprint density at radius 2 is 1.57 bits per heavy atom. The molecule has 0 aromatic heterocycles. The van der Waals surface area contributed by atoms with Crippen LogP contribution in [0.2, 0.25) is 0 Å². The molecule has 3 aromatic carbocycles. The third-order valence-corrected chi connectivity index (χ3v) is 4.22. The van der Waals surface area contributed by atoms with Crippen LogP contribution in [-0.4, -0.2) is 6.61 Å². The number of rotatable bonds is 7. The van der Waals surface area contributed by atoms with Gasteiger partial charge in [0.05, 0.1) is 0 Å². The van der Waals surface area contributed by atoms with E-state index >= 15 is 0 Å². The van der Waals surface area contributed by atoms with Crippen molar-refractivity contribution >= 4 is 0 Å². The molecule has 0 aliphatic carbocycles. The van der Waals surface area contributed by atoms with Crippen molar-refractivity contribution in [1.82, 2.24) is 0 Å². The van der Waals surface area contributed by atoms with Gasteiger partial charge in [-0.1, -0.05) is 36.9 Å². The van der Waals surface area contributed by atoms with Crippen LogP contribution in [0.1, 0.15) is 11.1 Å². The standard InChI is InChI=1S/C23H19F3O2/c1-3-12-27-19-10-11-20(21(24)13-19)16-6-8-18(9-7-16)28-14-17-5-4-15(2)22(25)23(17)26/h3-11,13H,1,12,14H2,2H3. The van der Waals surface area contributed by atoms with Crippen molar-refractivity contribution in [3.8, 4) is 22.6 Å². The van der Waals surface area contributed by atoms with Crippen LogP contribution in [0, 0.1) is 24.4 Å². The van der Waals surface area contributed by atoms with E-state index in [1.165, 1.54) is 25.1 Å². The molecule has 28 heavy (non-hydrogen) atoms. The van der Waals surface area contributed by atoms with Gasteiger partial charge in [0.1, 0.15) is 30.5 Å². The van der Waals surface area contributed by atoms with E-state index in [-0.39, 0.29) is 17.7 Å². The molecule has 0 amide bonds. The summed E-state index contributed by atoms with van der Waals surface area (Å²) >= 11 is 0. The van der Waals surface area contributed by atoms with Gasteiger partial charge >= 0.3 is 0 Å². The second-order valence-electron chi connectivity index (χ2n) is 6.22. The lowest BCUT2D eigenvalue weighted by Crippen LogP contribution is -2.02. The maximum Gasteiger partial charge on any atom is 0.165 e. The first-order chi connectivity index (χ1) is 13.5. The third kappa shape index (κ3) is 4.36. The molecule has 0 saturated heterocycles. The average molecular weight is 384 g/mol. The van der Waals surface area contributed by atoms with Gasteiger partial charge in [0.2, 0.25) is 0 Å². The maximum absolute atomic E-state index is 14.3. The molecule has 0 fully saturated rings. The van der Waals surface area contributed by atoms with Gasteiger partial charge in [-0.3, -0.25) is 0 Å². The minimum atomic E-state index is -0.905. The predicted molar refractivity (Wildman–Crippen MR) is 103 cm³/mol. The van der Waals surface area contributed by atoms with Crippen LogP contribution in [-0.2, 0) is 6.61 Å². The summed E-state index contributed by atoms with van der Waals surface area (Å²) in [7, 11) is 0. The molecular weight excluding hydrogens is 365 g/mol. The Kier molecular flexibility index (Phi) is 6.04. The van der Waals surface area contributed by atoms with Crippen molar-refractivity contribution in [2.24, 2.45) is 0 Å². The summed E-state index contributed by atoms with van der Waals surface area (Å²) in [6, 6.07) is 14.3. The molecule has 2 nitrogen and oxygen atoms in total. The molecule has 0 radical (unpaired) electrons. The number of aryl methyl sites for hydroxylation is 1. The third-order valence-electron chi connectivity index (χ3n) is 4.22. The molecule has 0 aliphatic heterocycles. The Bertz CT molecular complexity index is 982. The van der Waals surface area contributed by atoms with Crippen LogP contribution < -0.4 is 9.47 Å². The number of hydrogen-bond acceptors (Lipinski definition) is 2. The fourth-order valence-corrected chi connectivity index (χ4v) is 2.66. The van der Waals surface area contributed by atoms with E-state index < -0.39 is 17.5 Å². The van der Waals surface area contributed by atoms with Gasteiger partial charge in [0.25, 0.3) is 0 Å². The molecule has 0 bridgehead atoms. The van der Waals surface area contributed by atoms with Crippen LogP contribution in [0.5, 0.6) is 11.5 Å². The van der Waals surface area contributed by atoms with Gasteiger partial charge in [-0.05, 0) is 42.3 Å². The van der Waals surface area contributed by atoms with Gasteiger partial charge in [0.15, 0.2) is 11.6 Å². The molecule has 0 aliphatic rings. The zero-order valence-electron chi connectivity index (χ0n) is 15.3. The minimum Gasteiger partial charge on any atom is -0.489 e. The molecule has 144 valence electrons. The fraction of sp³-hybridized carbons (Fsp3) is 0.130. The van der Waals surface area contributed by atoms with Gasteiger partial charge in [-0.2, -0.15) is 0 Å². The van der Waals surface area contributed by atoms with Gasteiger partial charge in [-0.15, -0.1) is 0 Å². The Balaban J connectivity index is 1.70. The molecule has 0 spiro atoms. The normalized spacial score (nSPS) is 10.6. The smallest absolute Gasteiger partial charge is 0.165 e. The summed E-state index contributed by atoms with van der Waals surface area (Å²) in [5.74, 6) is -1.29. The predicted octanol–water partition coefficient (Wildman–Crippen LogP) is 6.22. The summed E-state index contributed by atoms with van der Waals surface area (Å²) in [6.07, 6.45) is 1.58. The first-order valence-corrected chi connectivity index (χ1v) is 8.69. The highest BCUT2D eigenvalue weighted by Crippen LogP contribution is 2.28. The van der Waals surface area contributed by atoms with Crippen molar-refractivity contribution < 1.29 is 22.6 Å². The molecule has 0 atom stereocenters. The number of ether oxygens (including phenoxy) is 2. The van der Waals surface area contributed by atoms with Crippen molar-refractivity contribution in [1.29, 1.82) is 0 Å². The summed E-state index contributed by atoms with van der Waals surface area (Å²) in [4.78, 5) is 0. The van der Waals surface area contributed by atoms with Crippen molar-refractivity contribution in [3.63, 3.8) is 0 Å². The Labute approximate surface area is 161 Å². The van der Waals surface area contributed by atoms with Crippen LogP contribution in [0.25, 0.3) is 11.1 Å². The Morgan fingerprint density at radius 1 is 0.857 bits per heavy atom. The topological polar surface area (TPSA) is 18.5 Å². The number of benzene rings is 3. The van der Waals surface area contributed by atoms with Crippen molar-refractivity contribution in [3.05, 3.63) is 95.8 Å². The molecule has 0 heterocycles. The molecule has 0 unspecified atom stereocenters. The van der Waals surface area contributed by atoms with Crippen LogP contribution in [0.3, 0.4) is 0 Å². The fourth-order valence-electron chi connectivity index (χ4n) is 2.66. The minimum absolute atomic E-state index is 0.105. The van der Waals surface area contributed by atoms with E-state index in [0.29, 0.717) is 29.2 Å². The second kappa shape index (κ2) is 8.65. The largest absolute Gasteiger partial charge is 0.489 e. The Hall–Kier alpha value is -3.21. The average Bonchev–Trinajstić information content (AvgIpc) is 2.70. The molecule has 0 saturated carbocycles. The van der Waals surface area contributed by atoms with Gasteiger partial charge < -0.3 is 9.47 Å². The summed E-state index contributed by atoms with van der Waals surface area (Å²) < 4.78 is 52.7. The van der Waals surface area contributed by atoms with E-state index in [1.807, 2.05) is 0 Å². The van der Waals surface area contributed by atoms with Crippen LogP contribution in [0.15, 0.2) is 67.3 Å². The highest BCUT2D eigenvalue weighted by Gasteiger charge is 2.12.